The van der Waals surface area contributed by atoms with Gasteiger partial charge in [-0.25, -0.2) is 0 Å². The molecule has 0 aromatic heterocycles. The molecule has 3 N–H and O–H groups in total. The van der Waals surface area contributed by atoms with Crippen molar-refractivity contribution in [3.05, 3.63) is 0 Å². The fourth-order valence-corrected chi connectivity index (χ4v) is 0.437. The molecule has 6 heteroatoms. The SMILES string of the molecule is CCC(C(=O)O)N(O)O.[K]. The van der Waals surface area contributed by atoms with Crippen LogP contribution in [0.4, 0.5) is 0 Å². The largest absolute Gasteiger partial charge is 0.480 e. The van der Waals surface area contributed by atoms with Crippen LogP contribution in [0.1, 0.15) is 13.3 Å². The van der Waals surface area contributed by atoms with Crippen LogP contribution in [0.15, 0.2) is 0 Å². The minimum Gasteiger partial charge on any atom is -0.480 e. The average Bonchev–Trinajstić information content (AvgIpc) is 1.64. The third-order valence-electron chi connectivity index (χ3n) is 0.951. The van der Waals surface area contributed by atoms with Crippen molar-refractivity contribution in [3.8, 4) is 0 Å². The maximum atomic E-state index is 10.0. The van der Waals surface area contributed by atoms with Crippen molar-refractivity contribution < 1.29 is 20.3 Å². The number of hydroxylamine groups is 2. The molecule has 10 heavy (non-hydrogen) atoms. The number of carboxylic acid groups (broad SMARTS) is 1. The van der Waals surface area contributed by atoms with Crippen molar-refractivity contribution in [1.29, 1.82) is 0 Å². The number of hydrogen-bond donors (Lipinski definition) is 3. The molecule has 55 valence electrons. The second-order valence-corrected chi connectivity index (χ2v) is 1.58. The van der Waals surface area contributed by atoms with E-state index in [2.05, 4.69) is 0 Å². The maximum absolute atomic E-state index is 10.0. The summed E-state index contributed by atoms with van der Waals surface area (Å²) in [4.78, 5) is 10.0. The van der Waals surface area contributed by atoms with Crippen molar-refractivity contribution in [2.75, 3.05) is 0 Å². The molecule has 0 bridgehead atoms. The molecule has 0 aromatic carbocycles. The Morgan fingerprint density at radius 1 is 1.60 bits per heavy atom. The minimum atomic E-state index is -1.25. The first-order valence-corrected chi connectivity index (χ1v) is 2.49. The molecule has 0 aromatic rings. The van der Waals surface area contributed by atoms with E-state index in [1.54, 1.807) is 0 Å². The van der Waals surface area contributed by atoms with Gasteiger partial charge in [0.1, 0.15) is 0 Å². The van der Waals surface area contributed by atoms with E-state index in [0.29, 0.717) is 0 Å². The Morgan fingerprint density at radius 2 is 2.00 bits per heavy atom. The first-order valence-electron chi connectivity index (χ1n) is 2.49. The van der Waals surface area contributed by atoms with E-state index in [4.69, 9.17) is 15.5 Å². The van der Waals surface area contributed by atoms with E-state index < -0.39 is 12.0 Å². The molecule has 0 fully saturated rings. The van der Waals surface area contributed by atoms with Gasteiger partial charge < -0.3 is 5.11 Å². The molecular weight excluding hydrogens is 165 g/mol. The molecule has 5 nitrogen and oxygen atoms in total. The zero-order valence-corrected chi connectivity index (χ0v) is 9.10. The summed E-state index contributed by atoms with van der Waals surface area (Å²) in [6.07, 6.45) is 0.155. The van der Waals surface area contributed by atoms with Crippen LogP contribution in [0.25, 0.3) is 0 Å². The Labute approximate surface area is 101 Å². The summed E-state index contributed by atoms with van der Waals surface area (Å²) in [5, 5.41) is 24.3. The number of aliphatic carboxylic acids is 1. The molecular formula is C4H9KNO4. The van der Waals surface area contributed by atoms with Gasteiger partial charge in [0.2, 0.25) is 0 Å². The van der Waals surface area contributed by atoms with Gasteiger partial charge in [-0.2, -0.15) is 0 Å². The van der Waals surface area contributed by atoms with Gasteiger partial charge in [-0.15, -0.1) is 0 Å². The van der Waals surface area contributed by atoms with Gasteiger partial charge in [-0.3, -0.25) is 15.2 Å². The molecule has 0 aliphatic rings. The van der Waals surface area contributed by atoms with E-state index in [9.17, 15) is 4.79 Å². The predicted octanol–water partition coefficient (Wildman–Crippen LogP) is -0.451. The topological polar surface area (TPSA) is 81.0 Å². The monoisotopic (exact) mass is 174 g/mol. The van der Waals surface area contributed by atoms with Crippen molar-refractivity contribution in [2.24, 2.45) is 0 Å². The van der Waals surface area contributed by atoms with E-state index in [0.717, 1.165) is 0 Å². The van der Waals surface area contributed by atoms with Crippen molar-refractivity contribution in [3.63, 3.8) is 0 Å². The summed E-state index contributed by atoms with van der Waals surface area (Å²) in [6.45, 7) is 1.54. The van der Waals surface area contributed by atoms with Crippen molar-refractivity contribution in [2.45, 2.75) is 19.4 Å². The number of nitrogens with zero attached hydrogens (tertiary/aromatic N) is 1. The van der Waals surface area contributed by atoms with E-state index in [1.165, 1.54) is 6.92 Å². The van der Waals surface area contributed by atoms with Crippen LogP contribution in [0.5, 0.6) is 0 Å². The third kappa shape index (κ3) is 4.75. The van der Waals surface area contributed by atoms with Crippen LogP contribution < -0.4 is 0 Å². The van der Waals surface area contributed by atoms with Crippen LogP contribution in [-0.2, 0) is 4.79 Å². The number of carbonyl (C=O) groups is 1. The summed E-state index contributed by atoms with van der Waals surface area (Å²) in [5.74, 6) is -1.25. The Hall–Kier alpha value is 0.986. The second-order valence-electron chi connectivity index (χ2n) is 1.58. The van der Waals surface area contributed by atoms with E-state index in [1.807, 2.05) is 0 Å². The molecule has 0 aliphatic carbocycles. The molecule has 0 saturated heterocycles. The quantitative estimate of drug-likeness (QED) is 0.399. The van der Waals surface area contributed by atoms with Crippen molar-refractivity contribution >= 4 is 57.4 Å². The summed E-state index contributed by atoms with van der Waals surface area (Å²) >= 11 is 0. The Morgan fingerprint density at radius 3 is 2.00 bits per heavy atom. The minimum absolute atomic E-state index is 0. The summed E-state index contributed by atoms with van der Waals surface area (Å²) in [6, 6.07) is -1.22. The number of hydrogen-bond acceptors (Lipinski definition) is 4. The molecule has 0 saturated carbocycles. The van der Waals surface area contributed by atoms with Crippen LogP contribution in [0.3, 0.4) is 0 Å². The molecule has 0 spiro atoms. The van der Waals surface area contributed by atoms with Gasteiger partial charge in [0.25, 0.3) is 0 Å². The van der Waals surface area contributed by atoms with Crippen molar-refractivity contribution in [1.82, 2.24) is 5.23 Å². The van der Waals surface area contributed by atoms with Crippen LogP contribution in [0.2, 0.25) is 0 Å². The third-order valence-corrected chi connectivity index (χ3v) is 0.951. The van der Waals surface area contributed by atoms with Crippen LogP contribution in [-0.4, -0.2) is 84.1 Å². The van der Waals surface area contributed by atoms with Crippen LogP contribution in [0, 0.1) is 0 Å². The van der Waals surface area contributed by atoms with Crippen LogP contribution >= 0.6 is 0 Å². The predicted molar refractivity (Wildman–Crippen MR) is 32.9 cm³/mol. The molecule has 0 aliphatic heterocycles. The molecule has 0 amide bonds. The maximum Gasteiger partial charge on any atom is 0.325 e. The molecule has 1 radical (unpaired) electrons. The van der Waals surface area contributed by atoms with Gasteiger partial charge in [0, 0.05) is 51.4 Å². The van der Waals surface area contributed by atoms with Gasteiger partial charge in [0.05, 0.1) is 0 Å². The van der Waals surface area contributed by atoms with Gasteiger partial charge >= 0.3 is 5.97 Å². The Kier molecular flexibility index (Phi) is 9.07. The fraction of sp³-hybridized carbons (Fsp3) is 0.750. The zero-order valence-electron chi connectivity index (χ0n) is 5.98. The smallest absolute Gasteiger partial charge is 0.325 e. The van der Waals surface area contributed by atoms with Gasteiger partial charge in [0.15, 0.2) is 6.04 Å². The normalized spacial score (nSPS) is 12.4. The Bertz CT molecular complexity index is 107. The van der Waals surface area contributed by atoms with E-state index >= 15 is 0 Å². The summed E-state index contributed by atoms with van der Waals surface area (Å²) < 4.78 is 0. The fourth-order valence-electron chi connectivity index (χ4n) is 0.437. The first kappa shape index (κ1) is 13.6. The number of rotatable bonds is 3. The second kappa shape index (κ2) is 6.68. The molecule has 1 unspecified atom stereocenters. The zero-order chi connectivity index (χ0) is 7.44. The average molecular weight is 174 g/mol. The van der Waals surface area contributed by atoms with Gasteiger partial charge in [-0.1, -0.05) is 12.2 Å². The molecule has 0 heterocycles. The van der Waals surface area contributed by atoms with E-state index in [-0.39, 0.29) is 63.0 Å². The first-order chi connectivity index (χ1) is 4.09. The summed E-state index contributed by atoms with van der Waals surface area (Å²) in [7, 11) is 0. The molecule has 0 rings (SSSR count). The van der Waals surface area contributed by atoms with Gasteiger partial charge in [-0.05, 0) is 6.42 Å². The number of carboxylic acids is 1. The summed E-state index contributed by atoms with van der Waals surface area (Å²) in [5.41, 5.74) is 0. The standard InChI is InChI=1S/C4H9NO4.K/c1-2-3(4(6)7)5(8)9;/h3,8-9H,2H2,1H3,(H,6,7);. The Balaban J connectivity index is 0. The molecule has 1 atom stereocenters.